The number of benzene rings is 2. The van der Waals surface area contributed by atoms with Gasteiger partial charge in [0, 0.05) is 23.8 Å². The number of phenols is 1. The van der Waals surface area contributed by atoms with Gasteiger partial charge in [-0.15, -0.1) is 0 Å². The lowest BCUT2D eigenvalue weighted by molar-refractivity contribution is -0.139. The van der Waals surface area contributed by atoms with Gasteiger partial charge in [0.2, 0.25) is 0 Å². The molecule has 0 bridgehead atoms. The lowest BCUT2D eigenvalue weighted by Gasteiger charge is -2.16. The van der Waals surface area contributed by atoms with Crippen molar-refractivity contribution in [3.63, 3.8) is 0 Å². The quantitative estimate of drug-likeness (QED) is 0.538. The highest BCUT2D eigenvalue weighted by Gasteiger charge is 2.18. The first kappa shape index (κ1) is 17.3. The summed E-state index contributed by atoms with van der Waals surface area (Å²) >= 11 is 0. The number of rotatable bonds is 7. The molecule has 0 aliphatic rings. The van der Waals surface area contributed by atoms with Crippen LogP contribution in [0.1, 0.15) is 22.8 Å². The minimum absolute atomic E-state index is 0.128. The van der Waals surface area contributed by atoms with Gasteiger partial charge in [-0.2, -0.15) is 0 Å². The molecule has 24 heavy (non-hydrogen) atoms. The van der Waals surface area contributed by atoms with Crippen molar-refractivity contribution in [3.05, 3.63) is 77.5 Å². The minimum atomic E-state index is -1.01. The highest BCUT2D eigenvalue weighted by atomic mass is 16.4. The van der Waals surface area contributed by atoms with Gasteiger partial charge in [0.1, 0.15) is 11.8 Å². The van der Waals surface area contributed by atoms with Crippen molar-refractivity contribution < 1.29 is 19.8 Å². The van der Waals surface area contributed by atoms with Crippen molar-refractivity contribution in [2.75, 3.05) is 0 Å². The number of carbonyl (C=O) groups excluding carboxylic acids is 1. The Morgan fingerprint density at radius 3 is 2.29 bits per heavy atom. The third-order valence-electron chi connectivity index (χ3n) is 3.48. The maximum Gasteiger partial charge on any atom is 0.326 e. The molecule has 3 N–H and O–H groups in total. The number of phenolic OH excluding ortho intramolecular Hbond substituents is 1. The number of nitrogens with one attached hydrogen (secondary N) is 1. The summed E-state index contributed by atoms with van der Waals surface area (Å²) in [5.41, 5.74) is 1.80. The molecule has 0 aromatic heterocycles. The van der Waals surface area contributed by atoms with E-state index in [0.717, 1.165) is 5.56 Å². The SMILES string of the molecule is CC(=CC(=O)c1ccccc1)NC(Cc1ccc(O)cc1)C(=O)O. The fourth-order valence-corrected chi connectivity index (χ4v) is 2.27. The third kappa shape index (κ3) is 4.98. The first-order valence-corrected chi connectivity index (χ1v) is 7.50. The fraction of sp³-hybridized carbons (Fsp3) is 0.158. The van der Waals surface area contributed by atoms with Gasteiger partial charge in [0.25, 0.3) is 0 Å². The number of carboxylic acids is 1. The van der Waals surface area contributed by atoms with Crippen molar-refractivity contribution >= 4 is 11.8 Å². The smallest absolute Gasteiger partial charge is 0.326 e. The molecule has 0 spiro atoms. The summed E-state index contributed by atoms with van der Waals surface area (Å²) in [5.74, 6) is -1.07. The Bertz CT molecular complexity index is 736. The first-order chi connectivity index (χ1) is 11.5. The highest BCUT2D eigenvalue weighted by Crippen LogP contribution is 2.12. The van der Waals surface area contributed by atoms with E-state index in [-0.39, 0.29) is 18.0 Å². The maximum absolute atomic E-state index is 12.1. The number of carboxylic acid groups (broad SMARTS) is 1. The monoisotopic (exact) mass is 325 g/mol. The van der Waals surface area contributed by atoms with Gasteiger partial charge >= 0.3 is 5.97 Å². The van der Waals surface area contributed by atoms with Crippen molar-refractivity contribution in [1.82, 2.24) is 5.32 Å². The van der Waals surface area contributed by atoms with E-state index in [1.807, 2.05) is 6.07 Å². The van der Waals surface area contributed by atoms with Crippen LogP contribution in [0.25, 0.3) is 0 Å². The first-order valence-electron chi connectivity index (χ1n) is 7.50. The molecule has 0 fully saturated rings. The molecule has 2 aromatic rings. The zero-order valence-electron chi connectivity index (χ0n) is 13.3. The van der Waals surface area contributed by atoms with Gasteiger partial charge in [-0.05, 0) is 24.6 Å². The number of carbonyl (C=O) groups is 2. The summed E-state index contributed by atoms with van der Waals surface area (Å²) in [6, 6.07) is 14.3. The predicted molar refractivity (Wildman–Crippen MR) is 90.9 cm³/mol. The molecule has 5 heteroatoms. The van der Waals surface area contributed by atoms with Gasteiger partial charge in [-0.1, -0.05) is 42.5 Å². The lowest BCUT2D eigenvalue weighted by Crippen LogP contribution is -2.37. The summed E-state index contributed by atoms with van der Waals surface area (Å²) in [7, 11) is 0. The molecule has 0 saturated heterocycles. The predicted octanol–water partition coefficient (Wildman–Crippen LogP) is 2.76. The van der Waals surface area contributed by atoms with Crippen LogP contribution >= 0.6 is 0 Å². The van der Waals surface area contributed by atoms with Crippen LogP contribution in [-0.2, 0) is 11.2 Å². The minimum Gasteiger partial charge on any atom is -0.508 e. The van der Waals surface area contributed by atoms with Gasteiger partial charge in [0.05, 0.1) is 0 Å². The molecular formula is C19H19NO4. The standard InChI is InChI=1S/C19H19NO4/c1-13(11-18(22)15-5-3-2-4-6-15)20-17(19(23)24)12-14-7-9-16(21)10-8-14/h2-11,17,20-21H,12H2,1H3,(H,23,24). The van der Waals surface area contributed by atoms with E-state index in [0.29, 0.717) is 11.3 Å². The zero-order valence-corrected chi connectivity index (χ0v) is 13.3. The molecule has 0 aliphatic heterocycles. The van der Waals surface area contributed by atoms with Gasteiger partial charge in [-0.25, -0.2) is 4.79 Å². The highest BCUT2D eigenvalue weighted by molar-refractivity contribution is 6.04. The van der Waals surface area contributed by atoms with Crippen molar-refractivity contribution in [1.29, 1.82) is 0 Å². The molecule has 0 saturated carbocycles. The molecule has 1 unspecified atom stereocenters. The summed E-state index contributed by atoms with van der Waals surface area (Å²) in [6.45, 7) is 1.66. The molecule has 1 atom stereocenters. The van der Waals surface area contributed by atoms with E-state index in [4.69, 9.17) is 0 Å². The molecule has 2 rings (SSSR count). The van der Waals surface area contributed by atoms with Crippen LogP contribution in [0.15, 0.2) is 66.4 Å². The second-order valence-corrected chi connectivity index (χ2v) is 5.46. The largest absolute Gasteiger partial charge is 0.508 e. The third-order valence-corrected chi connectivity index (χ3v) is 3.48. The second kappa shape index (κ2) is 7.97. The van der Waals surface area contributed by atoms with Gasteiger partial charge in [0.15, 0.2) is 5.78 Å². The van der Waals surface area contributed by atoms with E-state index < -0.39 is 12.0 Å². The van der Waals surface area contributed by atoms with Crippen LogP contribution in [0.2, 0.25) is 0 Å². The Morgan fingerprint density at radius 1 is 1.08 bits per heavy atom. The Hall–Kier alpha value is -3.08. The Balaban J connectivity index is 2.06. The summed E-state index contributed by atoms with van der Waals surface area (Å²) in [5, 5.41) is 21.5. The van der Waals surface area contributed by atoms with Crippen molar-refractivity contribution in [2.45, 2.75) is 19.4 Å². The van der Waals surface area contributed by atoms with Crippen molar-refractivity contribution in [3.8, 4) is 5.75 Å². The maximum atomic E-state index is 12.1. The van der Waals surface area contributed by atoms with E-state index in [1.54, 1.807) is 43.3 Å². The van der Waals surface area contributed by atoms with E-state index in [1.165, 1.54) is 18.2 Å². The van der Waals surface area contributed by atoms with Crippen LogP contribution in [-0.4, -0.2) is 28.0 Å². The summed E-state index contributed by atoms with van der Waals surface area (Å²) in [4.78, 5) is 23.5. The van der Waals surface area contributed by atoms with Crippen LogP contribution < -0.4 is 5.32 Å². The second-order valence-electron chi connectivity index (χ2n) is 5.46. The Labute approximate surface area is 140 Å². The van der Waals surface area contributed by atoms with Crippen LogP contribution in [0.4, 0.5) is 0 Å². The summed E-state index contributed by atoms with van der Waals surface area (Å²) in [6.07, 6.45) is 1.63. The van der Waals surface area contributed by atoms with Crippen LogP contribution in [0.3, 0.4) is 0 Å². The van der Waals surface area contributed by atoms with Crippen molar-refractivity contribution in [2.24, 2.45) is 0 Å². The molecule has 124 valence electrons. The van der Waals surface area contributed by atoms with Crippen LogP contribution in [0.5, 0.6) is 5.75 Å². The van der Waals surface area contributed by atoms with Gasteiger partial charge in [-0.3, -0.25) is 4.79 Å². The van der Waals surface area contributed by atoms with E-state index >= 15 is 0 Å². The molecule has 5 nitrogen and oxygen atoms in total. The molecule has 0 heterocycles. The zero-order chi connectivity index (χ0) is 17.5. The number of hydrogen-bond acceptors (Lipinski definition) is 4. The fourth-order valence-electron chi connectivity index (χ4n) is 2.27. The number of allylic oxidation sites excluding steroid dienone is 2. The number of aromatic hydroxyl groups is 1. The molecule has 2 aromatic carbocycles. The number of aliphatic carboxylic acids is 1. The van der Waals surface area contributed by atoms with E-state index in [2.05, 4.69) is 5.32 Å². The number of hydrogen-bond donors (Lipinski definition) is 3. The number of ketones is 1. The lowest BCUT2D eigenvalue weighted by atomic mass is 10.1. The molecule has 0 amide bonds. The molecule has 0 aliphatic carbocycles. The molecular weight excluding hydrogens is 306 g/mol. The average Bonchev–Trinajstić information content (AvgIpc) is 2.56. The Morgan fingerprint density at radius 2 is 1.71 bits per heavy atom. The van der Waals surface area contributed by atoms with Crippen LogP contribution in [0, 0.1) is 0 Å². The average molecular weight is 325 g/mol. The van der Waals surface area contributed by atoms with E-state index in [9.17, 15) is 19.8 Å². The molecule has 0 radical (unpaired) electrons. The van der Waals surface area contributed by atoms with Gasteiger partial charge < -0.3 is 15.5 Å². The Kier molecular flexibility index (Phi) is 5.73. The topological polar surface area (TPSA) is 86.6 Å². The normalized spacial score (nSPS) is 12.5. The summed E-state index contributed by atoms with van der Waals surface area (Å²) < 4.78 is 0.